The van der Waals surface area contributed by atoms with Crippen LogP contribution < -0.4 is 10.6 Å². The van der Waals surface area contributed by atoms with Gasteiger partial charge in [-0.25, -0.2) is 0 Å². The predicted octanol–water partition coefficient (Wildman–Crippen LogP) is 0.915. The van der Waals surface area contributed by atoms with Crippen LogP contribution in [0.5, 0.6) is 0 Å². The first kappa shape index (κ1) is 16.7. The van der Waals surface area contributed by atoms with Crippen LogP contribution in [0.4, 0.5) is 0 Å². The standard InChI is InChI=1S/C15H27N3O2/c1-5-8-16-11-13(19)17-12-6-9-18(10-7-12)14(20)15(2,3)4/h5,12,16H,1,6-11H2,2-4H3,(H,17,19). The molecule has 1 aliphatic rings. The Labute approximate surface area is 121 Å². The van der Waals surface area contributed by atoms with Gasteiger partial charge in [-0.15, -0.1) is 6.58 Å². The molecule has 1 fully saturated rings. The first-order valence-electron chi connectivity index (χ1n) is 7.25. The molecule has 0 aromatic rings. The van der Waals surface area contributed by atoms with Crippen LogP contribution in [-0.2, 0) is 9.59 Å². The number of piperidine rings is 1. The highest BCUT2D eigenvalue weighted by Crippen LogP contribution is 2.20. The molecule has 0 spiro atoms. The number of hydrogen-bond acceptors (Lipinski definition) is 3. The van der Waals surface area contributed by atoms with Crippen molar-refractivity contribution in [1.29, 1.82) is 0 Å². The third-order valence-corrected chi connectivity index (χ3v) is 3.36. The van der Waals surface area contributed by atoms with Gasteiger partial charge in [0.15, 0.2) is 0 Å². The lowest BCUT2D eigenvalue weighted by Crippen LogP contribution is -2.50. The van der Waals surface area contributed by atoms with E-state index in [-0.39, 0.29) is 23.3 Å². The van der Waals surface area contributed by atoms with Gasteiger partial charge in [0.2, 0.25) is 11.8 Å². The van der Waals surface area contributed by atoms with Gasteiger partial charge in [-0.2, -0.15) is 0 Å². The predicted molar refractivity (Wildman–Crippen MR) is 80.3 cm³/mol. The molecule has 1 heterocycles. The third-order valence-electron chi connectivity index (χ3n) is 3.36. The Kier molecular flexibility index (Phi) is 6.20. The number of amides is 2. The minimum atomic E-state index is -0.329. The van der Waals surface area contributed by atoms with E-state index in [9.17, 15) is 9.59 Å². The topological polar surface area (TPSA) is 61.4 Å². The maximum absolute atomic E-state index is 12.1. The first-order chi connectivity index (χ1) is 9.34. The summed E-state index contributed by atoms with van der Waals surface area (Å²) >= 11 is 0. The molecule has 0 unspecified atom stereocenters. The van der Waals surface area contributed by atoms with Gasteiger partial charge >= 0.3 is 0 Å². The highest BCUT2D eigenvalue weighted by Gasteiger charge is 2.30. The molecule has 1 saturated heterocycles. The molecule has 1 aliphatic heterocycles. The van der Waals surface area contributed by atoms with Crippen molar-refractivity contribution < 1.29 is 9.59 Å². The van der Waals surface area contributed by atoms with E-state index in [0.717, 1.165) is 25.9 Å². The van der Waals surface area contributed by atoms with Gasteiger partial charge < -0.3 is 15.5 Å². The van der Waals surface area contributed by atoms with E-state index in [1.807, 2.05) is 25.7 Å². The minimum absolute atomic E-state index is 0.00690. The maximum Gasteiger partial charge on any atom is 0.234 e. The van der Waals surface area contributed by atoms with Crippen molar-refractivity contribution in [2.24, 2.45) is 5.41 Å². The summed E-state index contributed by atoms with van der Waals surface area (Å²) < 4.78 is 0. The van der Waals surface area contributed by atoms with Gasteiger partial charge in [0, 0.05) is 31.1 Å². The molecule has 0 atom stereocenters. The lowest BCUT2D eigenvalue weighted by molar-refractivity contribution is -0.140. The van der Waals surface area contributed by atoms with Gasteiger partial charge in [-0.3, -0.25) is 9.59 Å². The molecule has 1 rings (SSSR count). The zero-order valence-corrected chi connectivity index (χ0v) is 12.9. The molecule has 20 heavy (non-hydrogen) atoms. The summed E-state index contributed by atoms with van der Waals surface area (Å²) in [5.41, 5.74) is -0.329. The zero-order chi connectivity index (χ0) is 15.2. The molecule has 5 heteroatoms. The molecule has 2 amide bonds. The van der Waals surface area contributed by atoms with Gasteiger partial charge in [0.25, 0.3) is 0 Å². The van der Waals surface area contributed by atoms with Gasteiger partial charge in [0.05, 0.1) is 6.54 Å². The summed E-state index contributed by atoms with van der Waals surface area (Å²) in [4.78, 5) is 25.7. The SMILES string of the molecule is C=CCNCC(=O)NC1CCN(C(=O)C(C)(C)C)CC1. The molecule has 0 aromatic carbocycles. The second kappa shape index (κ2) is 7.43. The monoisotopic (exact) mass is 281 g/mol. The van der Waals surface area contributed by atoms with E-state index in [1.54, 1.807) is 6.08 Å². The van der Waals surface area contributed by atoms with Crippen LogP contribution in [0.15, 0.2) is 12.7 Å². The van der Waals surface area contributed by atoms with Crippen molar-refractivity contribution >= 4 is 11.8 Å². The summed E-state index contributed by atoms with van der Waals surface area (Å²) in [5, 5.41) is 5.98. The van der Waals surface area contributed by atoms with E-state index in [2.05, 4.69) is 17.2 Å². The molecule has 0 saturated carbocycles. The van der Waals surface area contributed by atoms with Crippen molar-refractivity contribution in [3.8, 4) is 0 Å². The number of likely N-dealkylation sites (tertiary alicyclic amines) is 1. The van der Waals surface area contributed by atoms with Crippen LogP contribution in [0.3, 0.4) is 0 Å². The number of carbonyl (C=O) groups is 2. The van der Waals surface area contributed by atoms with Gasteiger partial charge in [0.1, 0.15) is 0 Å². The lowest BCUT2D eigenvalue weighted by atomic mass is 9.93. The fraction of sp³-hybridized carbons (Fsp3) is 0.733. The summed E-state index contributed by atoms with van der Waals surface area (Å²) in [5.74, 6) is 0.197. The Hall–Kier alpha value is -1.36. The van der Waals surface area contributed by atoms with Gasteiger partial charge in [-0.1, -0.05) is 26.8 Å². The molecule has 2 N–H and O–H groups in total. The molecular weight excluding hydrogens is 254 g/mol. The smallest absolute Gasteiger partial charge is 0.234 e. The third kappa shape index (κ3) is 5.33. The van der Waals surface area contributed by atoms with Crippen molar-refractivity contribution in [3.63, 3.8) is 0 Å². The Morgan fingerprint density at radius 2 is 1.90 bits per heavy atom. The van der Waals surface area contributed by atoms with Crippen LogP contribution in [0.25, 0.3) is 0 Å². The molecule has 0 radical (unpaired) electrons. The molecule has 0 aromatic heterocycles. The van der Waals surface area contributed by atoms with Crippen LogP contribution in [0.2, 0.25) is 0 Å². The minimum Gasteiger partial charge on any atom is -0.352 e. The van der Waals surface area contributed by atoms with E-state index in [0.29, 0.717) is 13.1 Å². The summed E-state index contributed by atoms with van der Waals surface area (Å²) in [6, 6.07) is 0.178. The Balaban J connectivity index is 2.30. The average Bonchev–Trinajstić information content (AvgIpc) is 2.38. The number of nitrogens with zero attached hydrogens (tertiary/aromatic N) is 1. The second-order valence-corrected chi connectivity index (χ2v) is 6.30. The van der Waals surface area contributed by atoms with Crippen LogP contribution in [-0.4, -0.2) is 48.9 Å². The average molecular weight is 281 g/mol. The summed E-state index contributed by atoms with van der Waals surface area (Å²) in [7, 11) is 0. The fourth-order valence-corrected chi connectivity index (χ4v) is 2.27. The van der Waals surface area contributed by atoms with Crippen molar-refractivity contribution in [3.05, 3.63) is 12.7 Å². The van der Waals surface area contributed by atoms with Crippen molar-refractivity contribution in [2.45, 2.75) is 39.7 Å². The molecule has 0 aliphatic carbocycles. The van der Waals surface area contributed by atoms with Crippen molar-refractivity contribution in [2.75, 3.05) is 26.2 Å². The van der Waals surface area contributed by atoms with Gasteiger partial charge in [-0.05, 0) is 12.8 Å². The maximum atomic E-state index is 12.1. The quantitative estimate of drug-likeness (QED) is 0.582. The highest BCUT2D eigenvalue weighted by atomic mass is 16.2. The van der Waals surface area contributed by atoms with Crippen LogP contribution in [0, 0.1) is 5.41 Å². The summed E-state index contributed by atoms with van der Waals surface area (Å²) in [6.45, 7) is 11.8. The number of hydrogen-bond donors (Lipinski definition) is 2. The number of nitrogens with one attached hydrogen (secondary N) is 2. The highest BCUT2D eigenvalue weighted by molar-refractivity contribution is 5.81. The fourth-order valence-electron chi connectivity index (χ4n) is 2.27. The Morgan fingerprint density at radius 3 is 2.40 bits per heavy atom. The van der Waals surface area contributed by atoms with E-state index < -0.39 is 0 Å². The first-order valence-corrected chi connectivity index (χ1v) is 7.25. The Bertz CT molecular complexity index is 353. The normalized spacial score (nSPS) is 16.9. The molecular formula is C15H27N3O2. The number of rotatable bonds is 5. The lowest BCUT2D eigenvalue weighted by Gasteiger charge is -2.36. The molecule has 114 valence electrons. The number of carbonyl (C=O) groups excluding carboxylic acids is 2. The largest absolute Gasteiger partial charge is 0.352 e. The van der Waals surface area contributed by atoms with E-state index >= 15 is 0 Å². The zero-order valence-electron chi connectivity index (χ0n) is 12.9. The van der Waals surface area contributed by atoms with E-state index in [4.69, 9.17) is 0 Å². The molecule has 5 nitrogen and oxygen atoms in total. The van der Waals surface area contributed by atoms with E-state index in [1.165, 1.54) is 0 Å². The van der Waals surface area contributed by atoms with Crippen LogP contribution in [0.1, 0.15) is 33.6 Å². The van der Waals surface area contributed by atoms with Crippen molar-refractivity contribution in [1.82, 2.24) is 15.5 Å². The van der Waals surface area contributed by atoms with Crippen LogP contribution >= 0.6 is 0 Å². The summed E-state index contributed by atoms with van der Waals surface area (Å²) in [6.07, 6.45) is 3.38. The second-order valence-electron chi connectivity index (χ2n) is 6.30. The molecule has 0 bridgehead atoms. The Morgan fingerprint density at radius 1 is 1.30 bits per heavy atom.